The summed E-state index contributed by atoms with van der Waals surface area (Å²) in [5.74, 6) is -1.11. The molecule has 0 aliphatic rings. The van der Waals surface area contributed by atoms with E-state index in [2.05, 4.69) is 10.6 Å². The molecule has 0 spiro atoms. The molecule has 70 valence electrons. The van der Waals surface area contributed by atoms with Gasteiger partial charge in [0.25, 0.3) is 0 Å². The maximum atomic E-state index is 10.9. The van der Waals surface area contributed by atoms with Crippen LogP contribution < -0.4 is 10.6 Å². The van der Waals surface area contributed by atoms with Crippen LogP contribution in [-0.4, -0.2) is 24.4 Å². The fourth-order valence-corrected chi connectivity index (χ4v) is 0.647. The molecule has 0 bridgehead atoms. The van der Waals surface area contributed by atoms with Gasteiger partial charge in [-0.1, -0.05) is 6.92 Å². The van der Waals surface area contributed by atoms with E-state index >= 15 is 0 Å². The minimum absolute atomic E-state index is 0.00452. The molecule has 0 aromatic heterocycles. The van der Waals surface area contributed by atoms with Crippen LogP contribution >= 0.6 is 0 Å². The number of rotatable bonds is 3. The number of carbonyl (C=O) groups excluding carboxylic acids is 2. The molecule has 0 unspecified atom stereocenters. The zero-order valence-corrected chi connectivity index (χ0v) is 7.81. The van der Waals surface area contributed by atoms with Crippen molar-refractivity contribution < 1.29 is 9.59 Å². The Hall–Kier alpha value is -1.06. The lowest BCUT2D eigenvalue weighted by molar-refractivity contribution is -0.139. The van der Waals surface area contributed by atoms with Crippen LogP contribution in [0.2, 0.25) is 0 Å². The Morgan fingerprint density at radius 1 is 1.25 bits per heavy atom. The van der Waals surface area contributed by atoms with Gasteiger partial charge in [0.05, 0.1) is 0 Å². The maximum Gasteiger partial charge on any atom is 0.309 e. The van der Waals surface area contributed by atoms with Crippen molar-refractivity contribution in [1.29, 1.82) is 0 Å². The number of hydrogen-bond donors (Lipinski definition) is 2. The van der Waals surface area contributed by atoms with Crippen LogP contribution in [-0.2, 0) is 9.59 Å². The molecule has 0 saturated heterocycles. The summed E-state index contributed by atoms with van der Waals surface area (Å²) in [7, 11) is 0. The van der Waals surface area contributed by atoms with Gasteiger partial charge in [-0.05, 0) is 20.3 Å². The highest BCUT2D eigenvalue weighted by Crippen LogP contribution is 1.78. The first-order valence-electron chi connectivity index (χ1n) is 4.16. The van der Waals surface area contributed by atoms with Gasteiger partial charge < -0.3 is 10.6 Å². The highest BCUT2D eigenvalue weighted by atomic mass is 16.2. The van der Waals surface area contributed by atoms with Gasteiger partial charge in [0.1, 0.15) is 0 Å². The summed E-state index contributed by atoms with van der Waals surface area (Å²) in [5.41, 5.74) is 0. The second-order valence-corrected chi connectivity index (χ2v) is 2.88. The fourth-order valence-electron chi connectivity index (χ4n) is 0.647. The van der Waals surface area contributed by atoms with Gasteiger partial charge in [-0.2, -0.15) is 0 Å². The van der Waals surface area contributed by atoms with Crippen molar-refractivity contribution in [2.45, 2.75) is 33.2 Å². The van der Waals surface area contributed by atoms with Gasteiger partial charge in [0.15, 0.2) is 0 Å². The lowest BCUT2D eigenvalue weighted by Gasteiger charge is -2.07. The normalized spacial score (nSPS) is 9.67. The van der Waals surface area contributed by atoms with Gasteiger partial charge in [0.2, 0.25) is 0 Å². The van der Waals surface area contributed by atoms with Crippen LogP contribution in [0.3, 0.4) is 0 Å². The van der Waals surface area contributed by atoms with E-state index in [1.54, 1.807) is 0 Å². The van der Waals surface area contributed by atoms with Crippen molar-refractivity contribution in [1.82, 2.24) is 10.6 Å². The van der Waals surface area contributed by atoms with E-state index in [0.717, 1.165) is 6.42 Å². The number of nitrogens with one attached hydrogen (secondary N) is 2. The molecule has 0 aromatic carbocycles. The van der Waals surface area contributed by atoms with Gasteiger partial charge in [-0.3, -0.25) is 9.59 Å². The second kappa shape index (κ2) is 5.57. The van der Waals surface area contributed by atoms with Gasteiger partial charge >= 0.3 is 11.8 Å². The fraction of sp³-hybridized carbons (Fsp3) is 0.750. The third-order valence-electron chi connectivity index (χ3n) is 1.16. The van der Waals surface area contributed by atoms with Gasteiger partial charge in [0, 0.05) is 12.6 Å². The van der Waals surface area contributed by atoms with Crippen molar-refractivity contribution in [3.05, 3.63) is 0 Å². The summed E-state index contributed by atoms with van der Waals surface area (Å²) in [5, 5.41) is 4.99. The first-order valence-corrected chi connectivity index (χ1v) is 4.16. The Morgan fingerprint density at radius 2 is 1.83 bits per heavy atom. The van der Waals surface area contributed by atoms with E-state index in [4.69, 9.17) is 0 Å². The summed E-state index contributed by atoms with van der Waals surface area (Å²) in [6.07, 6.45) is 0.834. The molecule has 4 nitrogen and oxygen atoms in total. The van der Waals surface area contributed by atoms with Crippen LogP contribution in [0, 0.1) is 0 Å². The first-order chi connectivity index (χ1) is 5.57. The topological polar surface area (TPSA) is 58.2 Å². The molecular formula is C8H16N2O2. The predicted molar refractivity (Wildman–Crippen MR) is 46.6 cm³/mol. The van der Waals surface area contributed by atoms with E-state index in [1.165, 1.54) is 0 Å². The van der Waals surface area contributed by atoms with Crippen LogP contribution in [0.25, 0.3) is 0 Å². The lowest BCUT2D eigenvalue weighted by Crippen LogP contribution is -2.42. The Labute approximate surface area is 72.7 Å². The minimum Gasteiger partial charge on any atom is -0.348 e. The molecule has 0 aliphatic heterocycles. The molecule has 0 aromatic rings. The molecule has 2 amide bonds. The summed E-state index contributed by atoms with van der Waals surface area (Å²) >= 11 is 0. The van der Waals surface area contributed by atoms with Gasteiger partial charge in [-0.15, -0.1) is 0 Å². The molecule has 4 heteroatoms. The largest absolute Gasteiger partial charge is 0.348 e. The van der Waals surface area contributed by atoms with Crippen molar-refractivity contribution in [2.24, 2.45) is 0 Å². The Kier molecular flexibility index (Phi) is 5.08. The average Bonchev–Trinajstić information content (AvgIpc) is 1.98. The lowest BCUT2D eigenvalue weighted by atomic mass is 10.4. The van der Waals surface area contributed by atoms with Crippen molar-refractivity contribution in [3.8, 4) is 0 Å². The van der Waals surface area contributed by atoms with Gasteiger partial charge in [-0.25, -0.2) is 0 Å². The molecule has 0 atom stereocenters. The van der Waals surface area contributed by atoms with E-state index in [9.17, 15) is 9.59 Å². The molecule has 0 heterocycles. The molecule has 0 saturated carbocycles. The smallest absolute Gasteiger partial charge is 0.309 e. The Balaban J connectivity index is 3.70. The Morgan fingerprint density at radius 3 is 2.25 bits per heavy atom. The molecule has 12 heavy (non-hydrogen) atoms. The van der Waals surface area contributed by atoms with Crippen LogP contribution in [0.4, 0.5) is 0 Å². The number of carbonyl (C=O) groups is 2. The van der Waals surface area contributed by atoms with Crippen molar-refractivity contribution in [3.63, 3.8) is 0 Å². The predicted octanol–water partition coefficient (Wildman–Crippen LogP) is 0.0372. The summed E-state index contributed by atoms with van der Waals surface area (Å²) in [4.78, 5) is 21.9. The van der Waals surface area contributed by atoms with E-state index in [-0.39, 0.29) is 6.04 Å². The van der Waals surface area contributed by atoms with Crippen molar-refractivity contribution in [2.75, 3.05) is 6.54 Å². The summed E-state index contributed by atoms with van der Waals surface area (Å²) < 4.78 is 0. The SMILES string of the molecule is CCCNC(=O)C(=O)NC(C)C. The third-order valence-corrected chi connectivity index (χ3v) is 1.16. The molecule has 0 rings (SSSR count). The number of amides is 2. The van der Waals surface area contributed by atoms with E-state index < -0.39 is 11.8 Å². The summed E-state index contributed by atoms with van der Waals surface area (Å²) in [6.45, 7) is 6.10. The average molecular weight is 172 g/mol. The number of hydrogen-bond acceptors (Lipinski definition) is 2. The van der Waals surface area contributed by atoms with E-state index in [0.29, 0.717) is 6.54 Å². The molecule has 2 N–H and O–H groups in total. The van der Waals surface area contributed by atoms with Crippen LogP contribution in [0.1, 0.15) is 27.2 Å². The maximum absolute atomic E-state index is 10.9. The zero-order valence-electron chi connectivity index (χ0n) is 7.81. The molecule has 0 aliphatic carbocycles. The quantitative estimate of drug-likeness (QED) is 0.590. The first kappa shape index (κ1) is 10.9. The summed E-state index contributed by atoms with van der Waals surface area (Å²) in [6, 6.07) is 0.00452. The van der Waals surface area contributed by atoms with Crippen molar-refractivity contribution >= 4 is 11.8 Å². The monoisotopic (exact) mass is 172 g/mol. The molecule has 0 radical (unpaired) electrons. The minimum atomic E-state index is -0.557. The molecular weight excluding hydrogens is 156 g/mol. The zero-order chi connectivity index (χ0) is 9.56. The van der Waals surface area contributed by atoms with E-state index in [1.807, 2.05) is 20.8 Å². The van der Waals surface area contributed by atoms with Crippen LogP contribution in [0.15, 0.2) is 0 Å². The highest BCUT2D eigenvalue weighted by molar-refractivity contribution is 6.35. The third kappa shape index (κ3) is 4.71. The van der Waals surface area contributed by atoms with Crippen LogP contribution in [0.5, 0.6) is 0 Å². The Bertz CT molecular complexity index is 166. The standard InChI is InChI=1S/C8H16N2O2/c1-4-5-9-7(11)8(12)10-6(2)3/h6H,4-5H2,1-3H3,(H,9,11)(H,10,12). The highest BCUT2D eigenvalue weighted by Gasteiger charge is 2.12. The second-order valence-electron chi connectivity index (χ2n) is 2.88. The molecule has 0 fully saturated rings.